The van der Waals surface area contributed by atoms with E-state index in [1.165, 1.54) is 0 Å². The maximum Gasteiger partial charge on any atom is 0.245 e. The molecule has 0 radical (unpaired) electrons. The lowest BCUT2D eigenvalue weighted by Crippen LogP contribution is -2.28. The largest absolute Gasteiger partial charge is 0.314 e. The molecule has 0 saturated carbocycles. The molecule has 0 aliphatic heterocycles. The van der Waals surface area contributed by atoms with Crippen LogP contribution in [0.1, 0.15) is 13.8 Å². The van der Waals surface area contributed by atoms with E-state index in [0.29, 0.717) is 0 Å². The Labute approximate surface area is 63.0 Å². The van der Waals surface area contributed by atoms with Gasteiger partial charge in [-0.1, -0.05) is 6.92 Å². The number of nitriles is 1. The molecule has 0 aliphatic carbocycles. The fourth-order valence-electron chi connectivity index (χ4n) is 0.706. The Hall–Kier alpha value is -0.363. The van der Waals surface area contributed by atoms with Gasteiger partial charge in [0.25, 0.3) is 0 Å². The van der Waals surface area contributed by atoms with Crippen LogP contribution in [-0.4, -0.2) is 8.41 Å². The van der Waals surface area contributed by atoms with Crippen molar-refractivity contribution in [3.05, 3.63) is 0 Å². The zero-order chi connectivity index (χ0) is 8.36. The summed E-state index contributed by atoms with van der Waals surface area (Å²) in [7, 11) is -2.57. The summed E-state index contributed by atoms with van der Waals surface area (Å²) in [4.78, 5) is 0. The second kappa shape index (κ2) is 3.15. The number of nitrogens with zero attached hydrogens (tertiary/aromatic N) is 1. The Balaban J connectivity index is 4.11. The molecule has 0 heterocycles. The van der Waals surface area contributed by atoms with Gasteiger partial charge in [0.1, 0.15) is 0 Å². The fraction of sp³-hybridized carbons (Fsp3) is 0.857. The first-order chi connectivity index (χ1) is 4.39. The van der Waals surface area contributed by atoms with Gasteiger partial charge in [-0.2, -0.15) is 5.26 Å². The molecule has 0 aromatic heterocycles. The Morgan fingerprint density at radius 2 is 1.80 bits per heavy atom. The van der Waals surface area contributed by atoms with Crippen LogP contribution in [0, 0.1) is 17.2 Å². The minimum atomic E-state index is -2.57. The third kappa shape index (κ3) is 2.48. The van der Waals surface area contributed by atoms with Crippen molar-refractivity contribution in [1.82, 2.24) is 0 Å². The van der Waals surface area contributed by atoms with Crippen LogP contribution in [0.2, 0.25) is 18.6 Å². The van der Waals surface area contributed by atoms with E-state index in [-0.39, 0.29) is 11.5 Å². The van der Waals surface area contributed by atoms with Crippen LogP contribution in [0.15, 0.2) is 0 Å². The number of rotatable bonds is 2. The highest BCUT2D eigenvalue weighted by Gasteiger charge is 2.32. The van der Waals surface area contributed by atoms with Gasteiger partial charge in [-0.25, -0.2) is 0 Å². The maximum atomic E-state index is 13.2. The highest BCUT2D eigenvalue weighted by atomic mass is 28.4. The molecule has 10 heavy (non-hydrogen) atoms. The van der Waals surface area contributed by atoms with Gasteiger partial charge in [-0.3, -0.25) is 0 Å². The van der Waals surface area contributed by atoms with Gasteiger partial charge < -0.3 is 4.11 Å². The number of hydrogen-bond acceptors (Lipinski definition) is 1. The van der Waals surface area contributed by atoms with Crippen molar-refractivity contribution in [2.45, 2.75) is 32.5 Å². The quantitative estimate of drug-likeness (QED) is 0.449. The lowest BCUT2D eigenvalue weighted by molar-refractivity contribution is 0.624. The summed E-state index contributed by atoms with van der Waals surface area (Å²) in [6.07, 6.45) is 0. The smallest absolute Gasteiger partial charge is 0.245 e. The number of hydrogen-bond donors (Lipinski definition) is 0. The SMILES string of the molecule is CC(C#N)C(C)[Si](C)(C)F. The summed E-state index contributed by atoms with van der Waals surface area (Å²) < 4.78 is 13.2. The van der Waals surface area contributed by atoms with Crippen molar-refractivity contribution >= 4 is 8.41 Å². The van der Waals surface area contributed by atoms with E-state index in [0.717, 1.165) is 0 Å². The van der Waals surface area contributed by atoms with Gasteiger partial charge in [0.15, 0.2) is 0 Å². The van der Waals surface area contributed by atoms with Crippen LogP contribution >= 0.6 is 0 Å². The van der Waals surface area contributed by atoms with Crippen LogP contribution < -0.4 is 0 Å². The third-order valence-electron chi connectivity index (χ3n) is 2.04. The summed E-state index contributed by atoms with van der Waals surface area (Å²) in [5.74, 6) is -0.147. The van der Waals surface area contributed by atoms with E-state index < -0.39 is 8.41 Å². The van der Waals surface area contributed by atoms with E-state index in [2.05, 4.69) is 6.07 Å². The first-order valence-electron chi connectivity index (χ1n) is 3.48. The Morgan fingerprint density at radius 3 is 1.90 bits per heavy atom. The first-order valence-corrected chi connectivity index (χ1v) is 6.43. The minimum Gasteiger partial charge on any atom is -0.314 e. The van der Waals surface area contributed by atoms with Crippen molar-refractivity contribution < 1.29 is 4.11 Å². The molecule has 1 nitrogen and oxygen atoms in total. The van der Waals surface area contributed by atoms with Gasteiger partial charge in [-0.05, 0) is 25.6 Å². The second-order valence-electron chi connectivity index (χ2n) is 3.27. The Kier molecular flexibility index (Phi) is 3.04. The minimum absolute atomic E-state index is 0.0579. The highest BCUT2D eigenvalue weighted by Crippen LogP contribution is 2.29. The van der Waals surface area contributed by atoms with Crippen LogP contribution in [0.25, 0.3) is 0 Å². The summed E-state index contributed by atoms with van der Waals surface area (Å²) in [6.45, 7) is 6.89. The van der Waals surface area contributed by atoms with Crippen LogP contribution in [-0.2, 0) is 0 Å². The standard InChI is InChI=1S/C7H14FNSi/c1-6(5-9)7(2)10(3,4)8/h6-7H,1-4H3. The molecular weight excluding hydrogens is 145 g/mol. The van der Waals surface area contributed by atoms with E-state index >= 15 is 0 Å². The van der Waals surface area contributed by atoms with Crippen molar-refractivity contribution in [2.24, 2.45) is 5.92 Å². The van der Waals surface area contributed by atoms with Gasteiger partial charge in [0.2, 0.25) is 8.41 Å². The molecule has 0 N–H and O–H groups in total. The third-order valence-corrected chi connectivity index (χ3v) is 4.70. The van der Waals surface area contributed by atoms with Crippen LogP contribution in [0.3, 0.4) is 0 Å². The lowest BCUT2D eigenvalue weighted by Gasteiger charge is -2.21. The summed E-state index contributed by atoms with van der Waals surface area (Å²) >= 11 is 0. The van der Waals surface area contributed by atoms with Gasteiger partial charge in [0, 0.05) is 5.92 Å². The molecule has 2 atom stereocenters. The van der Waals surface area contributed by atoms with Crippen molar-refractivity contribution in [3.63, 3.8) is 0 Å². The molecule has 0 aliphatic rings. The molecule has 0 bridgehead atoms. The highest BCUT2D eigenvalue weighted by molar-refractivity contribution is 6.72. The second-order valence-corrected chi connectivity index (χ2v) is 7.31. The summed E-state index contributed by atoms with van der Waals surface area (Å²) in [5, 5.41) is 8.47. The zero-order valence-corrected chi connectivity index (χ0v) is 7.98. The number of halogens is 1. The van der Waals surface area contributed by atoms with Crippen molar-refractivity contribution in [2.75, 3.05) is 0 Å². The Bertz CT molecular complexity index is 145. The van der Waals surface area contributed by atoms with E-state index in [9.17, 15) is 4.11 Å². The van der Waals surface area contributed by atoms with Crippen LogP contribution in [0.4, 0.5) is 4.11 Å². The van der Waals surface area contributed by atoms with Crippen molar-refractivity contribution in [3.8, 4) is 6.07 Å². The van der Waals surface area contributed by atoms with Gasteiger partial charge in [0.05, 0.1) is 6.07 Å². The van der Waals surface area contributed by atoms with Crippen LogP contribution in [0.5, 0.6) is 0 Å². The molecule has 3 heteroatoms. The normalized spacial score (nSPS) is 17.6. The van der Waals surface area contributed by atoms with Crippen molar-refractivity contribution in [1.29, 1.82) is 5.26 Å². The average molecular weight is 159 g/mol. The summed E-state index contributed by atoms with van der Waals surface area (Å²) in [5.41, 5.74) is -0.0579. The average Bonchev–Trinajstić information content (AvgIpc) is 1.83. The molecule has 58 valence electrons. The molecule has 0 aromatic carbocycles. The molecule has 0 spiro atoms. The topological polar surface area (TPSA) is 23.8 Å². The van der Waals surface area contributed by atoms with E-state index in [1.54, 1.807) is 20.0 Å². The lowest BCUT2D eigenvalue weighted by atomic mass is 10.1. The van der Waals surface area contributed by atoms with Gasteiger partial charge >= 0.3 is 0 Å². The molecule has 0 amide bonds. The predicted molar refractivity (Wildman–Crippen MR) is 42.8 cm³/mol. The molecule has 2 unspecified atom stereocenters. The maximum absolute atomic E-state index is 13.2. The van der Waals surface area contributed by atoms with E-state index in [4.69, 9.17) is 5.26 Å². The van der Waals surface area contributed by atoms with Gasteiger partial charge in [-0.15, -0.1) is 0 Å². The molecule has 0 fully saturated rings. The monoisotopic (exact) mass is 159 g/mol. The molecular formula is C7H14FNSi. The Morgan fingerprint density at radius 1 is 1.40 bits per heavy atom. The fourth-order valence-corrected chi connectivity index (χ4v) is 1.97. The predicted octanol–water partition coefficient (Wildman–Crippen LogP) is 2.71. The molecule has 0 aromatic rings. The molecule has 0 rings (SSSR count). The first kappa shape index (κ1) is 9.64. The molecule has 0 saturated heterocycles. The zero-order valence-electron chi connectivity index (χ0n) is 6.98. The summed E-state index contributed by atoms with van der Waals surface area (Å²) in [6, 6.07) is 2.07. The van der Waals surface area contributed by atoms with E-state index in [1.807, 2.05) is 6.92 Å².